The molecule has 2 aromatic rings. The summed E-state index contributed by atoms with van der Waals surface area (Å²) in [5.74, 6) is 0.0746. The van der Waals surface area contributed by atoms with Crippen molar-refractivity contribution in [3.05, 3.63) is 120 Å². The summed E-state index contributed by atoms with van der Waals surface area (Å²) in [5.41, 5.74) is 2.49. The molecule has 12 nitrogen and oxygen atoms in total. The highest BCUT2D eigenvalue weighted by Gasteiger charge is 2.43. The summed E-state index contributed by atoms with van der Waals surface area (Å²) in [7, 11) is 0. The number of aliphatic hydroxyl groups is 4. The van der Waals surface area contributed by atoms with Crippen molar-refractivity contribution in [2.24, 2.45) is 23.7 Å². The molecule has 400 valence electrons. The maximum atomic E-state index is 11.7. The Morgan fingerprint density at radius 3 is 1.74 bits per heavy atom. The Morgan fingerprint density at radius 1 is 0.653 bits per heavy atom. The van der Waals surface area contributed by atoms with Crippen LogP contribution in [-0.2, 0) is 41.4 Å². The van der Waals surface area contributed by atoms with E-state index in [1.165, 1.54) is 11.1 Å². The van der Waals surface area contributed by atoms with Gasteiger partial charge >= 0.3 is 0 Å². The summed E-state index contributed by atoms with van der Waals surface area (Å²) in [4.78, 5) is 23.2. The van der Waals surface area contributed by atoms with Gasteiger partial charge < -0.3 is 50.0 Å². The van der Waals surface area contributed by atoms with Crippen LogP contribution in [0.25, 0.3) is 0 Å². The lowest BCUT2D eigenvalue weighted by atomic mass is 9.89. The molecule has 2 aliphatic carbocycles. The van der Waals surface area contributed by atoms with Crippen LogP contribution in [0, 0.1) is 23.7 Å². The summed E-state index contributed by atoms with van der Waals surface area (Å²) in [6, 6.07) is 20.6. The van der Waals surface area contributed by atoms with E-state index in [9.17, 15) is 30.0 Å². The van der Waals surface area contributed by atoms with Crippen LogP contribution >= 0.6 is 0 Å². The van der Waals surface area contributed by atoms with Crippen molar-refractivity contribution in [2.45, 2.75) is 191 Å². The van der Waals surface area contributed by atoms with E-state index in [1.54, 1.807) is 6.08 Å². The van der Waals surface area contributed by atoms with Crippen LogP contribution in [0.5, 0.6) is 0 Å². The highest BCUT2D eigenvalue weighted by atomic mass is 16.7. The van der Waals surface area contributed by atoms with Gasteiger partial charge in [0.15, 0.2) is 12.6 Å². The van der Waals surface area contributed by atoms with E-state index in [0.29, 0.717) is 51.6 Å². The Bertz CT molecular complexity index is 1880. The second-order valence-electron chi connectivity index (χ2n) is 20.1. The minimum absolute atomic E-state index is 0.0511. The van der Waals surface area contributed by atoms with Crippen molar-refractivity contribution in [1.29, 1.82) is 0 Å². The number of aliphatic hydroxyl groups excluding tert-OH is 4. The zero-order chi connectivity index (χ0) is 51.2. The lowest BCUT2D eigenvalue weighted by molar-refractivity contribution is -0.193. The van der Waals surface area contributed by atoms with E-state index < -0.39 is 24.4 Å². The molecule has 72 heavy (non-hydrogen) atoms. The van der Waals surface area contributed by atoms with E-state index >= 15 is 0 Å². The van der Waals surface area contributed by atoms with Crippen molar-refractivity contribution < 1.29 is 49.0 Å². The van der Waals surface area contributed by atoms with Crippen LogP contribution in [-0.4, -0.2) is 108 Å². The van der Waals surface area contributed by atoms with Crippen molar-refractivity contribution >= 4 is 11.8 Å². The fourth-order valence-corrected chi connectivity index (χ4v) is 10.4. The molecule has 2 amide bonds. The molecule has 12 heteroatoms. The number of amides is 2. The molecular formula is C60H90N2O10. The van der Waals surface area contributed by atoms with Crippen LogP contribution in [0.15, 0.2) is 109 Å². The SMILES string of the molecule is CCNC(=O)CCC/C=C\C[C@@H]1[C@@H](/C=C/[C@@H](O)CCc2ccccc2)[C@H](O)C[C@@H]1O.CCNC(=O)CCC/C=C\C[C@@H]1[C@@H](/C=C/[C@H](CCc2ccccc2)OC2CCCCO2)[C@H](OC2CCCCO2)C[C@@H]1O. The van der Waals surface area contributed by atoms with Gasteiger partial charge in [0.2, 0.25) is 11.8 Å². The van der Waals surface area contributed by atoms with E-state index in [-0.39, 0.29) is 60.3 Å². The number of carbonyl (C=O) groups is 2. The second kappa shape index (κ2) is 34.5. The second-order valence-corrected chi connectivity index (χ2v) is 20.1. The van der Waals surface area contributed by atoms with Gasteiger partial charge in [0.25, 0.3) is 0 Å². The van der Waals surface area contributed by atoms with Gasteiger partial charge in [-0.3, -0.25) is 9.59 Å². The van der Waals surface area contributed by atoms with Crippen LogP contribution in [0.2, 0.25) is 0 Å². The first-order valence-electron chi connectivity index (χ1n) is 27.7. The Morgan fingerprint density at radius 2 is 1.18 bits per heavy atom. The summed E-state index contributed by atoms with van der Waals surface area (Å²) in [6.07, 6.45) is 30.0. The molecule has 4 fully saturated rings. The Hall–Kier alpha value is -3.98. The highest BCUT2D eigenvalue weighted by Crippen LogP contribution is 2.40. The van der Waals surface area contributed by atoms with E-state index in [2.05, 4.69) is 59.2 Å². The van der Waals surface area contributed by atoms with Crippen LogP contribution in [0.3, 0.4) is 0 Å². The number of benzene rings is 2. The molecule has 2 aliphatic heterocycles. The molecule has 2 heterocycles. The summed E-state index contributed by atoms with van der Waals surface area (Å²) >= 11 is 0. The zero-order valence-corrected chi connectivity index (χ0v) is 43.5. The minimum Gasteiger partial charge on any atom is -0.393 e. The smallest absolute Gasteiger partial charge is 0.219 e. The van der Waals surface area contributed by atoms with Gasteiger partial charge in [-0.05, 0) is 140 Å². The zero-order valence-electron chi connectivity index (χ0n) is 43.5. The Kier molecular flexibility index (Phi) is 28.2. The first kappa shape index (κ1) is 58.9. The largest absolute Gasteiger partial charge is 0.393 e. The fourth-order valence-electron chi connectivity index (χ4n) is 10.4. The number of carbonyl (C=O) groups excluding carboxylic acids is 2. The molecule has 4 aliphatic rings. The van der Waals surface area contributed by atoms with Crippen molar-refractivity contribution in [2.75, 3.05) is 26.3 Å². The number of unbranched alkanes of at least 4 members (excludes halogenated alkanes) is 2. The molecule has 0 bridgehead atoms. The van der Waals surface area contributed by atoms with E-state index in [4.69, 9.17) is 18.9 Å². The Balaban J connectivity index is 0.000000283. The average Bonchev–Trinajstić information content (AvgIpc) is 3.84. The fraction of sp³-hybridized carbons (Fsp3) is 0.633. The number of hydrogen-bond acceptors (Lipinski definition) is 10. The summed E-state index contributed by atoms with van der Waals surface area (Å²) in [5, 5.41) is 47.8. The minimum atomic E-state index is -0.589. The lowest BCUT2D eigenvalue weighted by Crippen LogP contribution is -2.31. The van der Waals surface area contributed by atoms with Crippen LogP contribution in [0.1, 0.15) is 141 Å². The van der Waals surface area contributed by atoms with Gasteiger partial charge in [-0.15, -0.1) is 0 Å². The van der Waals surface area contributed by atoms with Gasteiger partial charge in [0.05, 0.1) is 36.6 Å². The number of aryl methyl sites for hydroxylation is 2. The third-order valence-corrected chi connectivity index (χ3v) is 14.4. The predicted molar refractivity (Wildman–Crippen MR) is 285 cm³/mol. The van der Waals surface area contributed by atoms with E-state index in [1.807, 2.05) is 68.5 Å². The van der Waals surface area contributed by atoms with Gasteiger partial charge in [-0.25, -0.2) is 0 Å². The van der Waals surface area contributed by atoms with Gasteiger partial charge in [0, 0.05) is 63.8 Å². The number of allylic oxidation sites excluding steroid dienone is 4. The van der Waals surface area contributed by atoms with Crippen molar-refractivity contribution in [3.8, 4) is 0 Å². The molecule has 2 saturated carbocycles. The molecule has 2 saturated heterocycles. The topological polar surface area (TPSA) is 176 Å². The summed E-state index contributed by atoms with van der Waals surface area (Å²) < 4.78 is 24.9. The van der Waals surface area contributed by atoms with Crippen molar-refractivity contribution in [3.63, 3.8) is 0 Å². The third kappa shape index (κ3) is 22.2. The maximum absolute atomic E-state index is 11.7. The molecule has 0 spiro atoms. The standard InChI is InChI=1S/C35H53NO6.C25H37NO4/c1-2-36-33(38)17-9-4-3-8-16-29-30(32(26-31(29)37)42-35-19-11-13-25-40-35)23-22-28(41-34-18-10-12-24-39-34)21-20-27-14-6-5-7-15-27;1-2-26-25(30)13-9-4-3-8-12-21-22(24(29)18-23(21)28)17-16-20(27)15-14-19-10-6-5-7-11-19/h3,5-8,14-15,22-23,28-32,34-35,37H,2,4,9-13,16-21,24-26H2,1H3,(H,36,38);3,5-8,10-11,16-17,20-24,27-29H,2,4,9,12-15,18H2,1H3,(H,26,30)/b8-3-,23-22+;8-3-,17-16+/t28-,29+,30+,31-,32+,34?,35?;20-,21+,22+,23-,24+/m00/s1. The summed E-state index contributed by atoms with van der Waals surface area (Å²) in [6.45, 7) is 6.67. The molecule has 0 radical (unpaired) electrons. The number of hydrogen-bond donors (Lipinski definition) is 6. The van der Waals surface area contributed by atoms with Crippen LogP contribution in [0.4, 0.5) is 0 Å². The monoisotopic (exact) mass is 999 g/mol. The van der Waals surface area contributed by atoms with E-state index in [0.717, 1.165) is 103 Å². The number of ether oxygens (including phenoxy) is 4. The van der Waals surface area contributed by atoms with Gasteiger partial charge in [-0.1, -0.05) is 109 Å². The lowest BCUT2D eigenvalue weighted by Gasteiger charge is -2.30. The molecule has 6 N–H and O–H groups in total. The third-order valence-electron chi connectivity index (χ3n) is 14.4. The predicted octanol–water partition coefficient (Wildman–Crippen LogP) is 9.40. The maximum Gasteiger partial charge on any atom is 0.219 e. The highest BCUT2D eigenvalue weighted by molar-refractivity contribution is 5.76. The van der Waals surface area contributed by atoms with Crippen LogP contribution < -0.4 is 10.6 Å². The number of rotatable bonds is 28. The quantitative estimate of drug-likeness (QED) is 0.0356. The average molecular weight is 999 g/mol. The Labute approximate surface area is 431 Å². The molecule has 6 rings (SSSR count). The van der Waals surface area contributed by atoms with Gasteiger partial charge in [-0.2, -0.15) is 0 Å². The first-order valence-corrected chi connectivity index (χ1v) is 27.7. The molecule has 2 unspecified atom stereocenters. The molecule has 12 atom stereocenters. The first-order chi connectivity index (χ1) is 35.1. The molecule has 2 aromatic carbocycles. The normalized spacial score (nSPS) is 27.6. The van der Waals surface area contributed by atoms with Gasteiger partial charge in [0.1, 0.15) is 0 Å². The van der Waals surface area contributed by atoms with Crippen molar-refractivity contribution in [1.82, 2.24) is 10.6 Å². The molecule has 0 aromatic heterocycles. The molecular weight excluding hydrogens is 909 g/mol. The number of nitrogens with one attached hydrogen (secondary N) is 2.